The molecule has 1 fully saturated rings. The number of halogens is 1. The third kappa shape index (κ3) is 3.59. The number of likely N-dealkylation sites (tertiary alicyclic amines) is 1. The first kappa shape index (κ1) is 20.8. The van der Waals surface area contributed by atoms with Gasteiger partial charge >= 0.3 is 0 Å². The average molecular weight is 436 g/mol. The van der Waals surface area contributed by atoms with Crippen LogP contribution in [0, 0.1) is 5.82 Å². The topological polar surface area (TPSA) is 72.2 Å². The highest BCUT2D eigenvalue weighted by molar-refractivity contribution is 5.92. The van der Waals surface area contributed by atoms with Crippen LogP contribution in [0.25, 0.3) is 5.70 Å². The zero-order valence-electron chi connectivity index (χ0n) is 18.8. The minimum Gasteiger partial charge on any atom is -0.386 e. The number of anilines is 1. The van der Waals surface area contributed by atoms with E-state index in [2.05, 4.69) is 57.0 Å². The molecule has 3 heterocycles. The number of fused-ring (bicyclic) bond motifs is 1. The molecule has 2 unspecified atom stereocenters. The molecule has 0 bridgehead atoms. The lowest BCUT2D eigenvalue weighted by Gasteiger charge is -2.30. The molecular formula is C24H30FN7. The van der Waals surface area contributed by atoms with Crippen molar-refractivity contribution in [3.8, 4) is 0 Å². The van der Waals surface area contributed by atoms with Gasteiger partial charge in [-0.2, -0.15) is 0 Å². The van der Waals surface area contributed by atoms with E-state index in [-0.39, 0.29) is 17.9 Å². The molecule has 0 amide bonds. The number of guanidine groups is 1. The Balaban J connectivity index is 1.58. The van der Waals surface area contributed by atoms with Crippen LogP contribution in [0.1, 0.15) is 12.0 Å². The number of aliphatic imine (C=N–C) groups is 1. The molecular weight excluding hydrogens is 405 g/mol. The third-order valence-electron chi connectivity index (χ3n) is 6.67. The summed E-state index contributed by atoms with van der Waals surface area (Å²) in [4.78, 5) is 7.18. The Morgan fingerprint density at radius 1 is 1.28 bits per heavy atom. The van der Waals surface area contributed by atoms with Gasteiger partial charge in [-0.3, -0.25) is 0 Å². The number of nitrogens with zero attached hydrogens (tertiary/aromatic N) is 4. The predicted molar refractivity (Wildman–Crippen MR) is 127 cm³/mol. The van der Waals surface area contributed by atoms with Crippen LogP contribution >= 0.6 is 0 Å². The fourth-order valence-corrected chi connectivity index (χ4v) is 4.73. The van der Waals surface area contributed by atoms with Crippen molar-refractivity contribution >= 4 is 17.3 Å². The maximum absolute atomic E-state index is 14.7. The van der Waals surface area contributed by atoms with Gasteiger partial charge in [-0.15, -0.1) is 0 Å². The Hall–Kier alpha value is -3.10. The number of nitrogens with two attached hydrogens (primary N) is 1. The van der Waals surface area contributed by atoms with Crippen LogP contribution in [0.4, 0.5) is 10.1 Å². The summed E-state index contributed by atoms with van der Waals surface area (Å²) in [5.41, 5.74) is 11.5. The van der Waals surface area contributed by atoms with Crippen molar-refractivity contribution in [3.05, 3.63) is 70.7 Å². The molecule has 4 N–H and O–H groups in total. The summed E-state index contributed by atoms with van der Waals surface area (Å²) in [7, 11) is 5.84. The van der Waals surface area contributed by atoms with Gasteiger partial charge in [-0.05, 0) is 35.8 Å². The molecule has 0 aromatic heterocycles. The van der Waals surface area contributed by atoms with E-state index in [9.17, 15) is 4.39 Å². The molecule has 2 atom stereocenters. The number of hydrogen-bond donors (Lipinski definition) is 3. The highest BCUT2D eigenvalue weighted by atomic mass is 19.1. The van der Waals surface area contributed by atoms with Crippen molar-refractivity contribution in [1.29, 1.82) is 0 Å². The van der Waals surface area contributed by atoms with Crippen molar-refractivity contribution in [2.45, 2.75) is 18.5 Å². The van der Waals surface area contributed by atoms with E-state index >= 15 is 0 Å². The lowest BCUT2D eigenvalue weighted by molar-refractivity contribution is 0.0899. The van der Waals surface area contributed by atoms with Crippen molar-refractivity contribution in [3.63, 3.8) is 0 Å². The lowest BCUT2D eigenvalue weighted by atomic mass is 9.91. The smallest absolute Gasteiger partial charge is 0.199 e. The normalized spacial score (nSPS) is 25.5. The minimum absolute atomic E-state index is 0.157. The Labute approximate surface area is 188 Å². The van der Waals surface area contributed by atoms with Crippen LogP contribution in [0.15, 0.2) is 64.3 Å². The second kappa shape index (κ2) is 8.11. The minimum atomic E-state index is -0.287. The monoisotopic (exact) mass is 435 g/mol. The maximum Gasteiger partial charge on any atom is 0.199 e. The number of likely N-dealkylation sites (N-methyl/N-ethyl adjacent to an activating group) is 1. The highest BCUT2D eigenvalue weighted by Crippen LogP contribution is 2.35. The first-order valence-corrected chi connectivity index (χ1v) is 11.1. The second-order valence-corrected chi connectivity index (χ2v) is 8.74. The van der Waals surface area contributed by atoms with E-state index < -0.39 is 0 Å². The highest BCUT2D eigenvalue weighted by Gasteiger charge is 2.30. The summed E-state index contributed by atoms with van der Waals surface area (Å²) in [6.07, 6.45) is 9.67. The molecule has 1 saturated heterocycles. The molecule has 0 saturated carbocycles. The number of nitrogens with one attached hydrogen (secondary N) is 2. The third-order valence-corrected chi connectivity index (χ3v) is 6.67. The standard InChI is InChI=1S/C24H30FN7/c1-27-21-6-4-16(11-20(21)25)23-19(12-28-24(29-23)32-9-8-18(26)14-32)15-5-7-22-17(10-15)13-30(2)31(22)3/h4-7,10-11,13,18,22,27H,8-9,12,14,26H2,1-3H3,(H,28,29). The molecule has 0 spiro atoms. The molecule has 32 heavy (non-hydrogen) atoms. The molecule has 3 aliphatic heterocycles. The van der Waals surface area contributed by atoms with Gasteiger partial charge in [-0.1, -0.05) is 18.2 Å². The van der Waals surface area contributed by atoms with Crippen LogP contribution in [0.3, 0.4) is 0 Å². The number of benzene rings is 1. The SMILES string of the molecule is CNc1ccc(C2=C(C3=CC4=CN(C)N(C)C4C=C3)CNC(N3CCC(N)C3)=N2)cc1F. The van der Waals surface area contributed by atoms with E-state index in [0.717, 1.165) is 47.9 Å². The largest absolute Gasteiger partial charge is 0.386 e. The Kier molecular flexibility index (Phi) is 5.27. The molecule has 7 nitrogen and oxygen atoms in total. The van der Waals surface area contributed by atoms with Gasteiger partial charge in [0.2, 0.25) is 0 Å². The molecule has 1 aromatic carbocycles. The fraction of sp³-hybridized carbons (Fsp3) is 0.375. The average Bonchev–Trinajstić information content (AvgIpc) is 3.35. The van der Waals surface area contributed by atoms with E-state index in [1.807, 2.05) is 13.1 Å². The van der Waals surface area contributed by atoms with Crippen molar-refractivity contribution in [2.24, 2.45) is 10.7 Å². The number of hydrogen-bond acceptors (Lipinski definition) is 7. The van der Waals surface area contributed by atoms with E-state index in [1.165, 1.54) is 5.57 Å². The molecule has 1 aromatic rings. The van der Waals surface area contributed by atoms with Crippen molar-refractivity contribution in [2.75, 3.05) is 46.1 Å². The lowest BCUT2D eigenvalue weighted by Crippen LogP contribution is -2.44. The molecule has 8 heteroatoms. The van der Waals surface area contributed by atoms with E-state index in [0.29, 0.717) is 12.2 Å². The Morgan fingerprint density at radius 2 is 2.12 bits per heavy atom. The zero-order chi connectivity index (χ0) is 22.4. The summed E-state index contributed by atoms with van der Waals surface area (Å²) < 4.78 is 14.7. The summed E-state index contributed by atoms with van der Waals surface area (Å²) in [6, 6.07) is 5.66. The summed E-state index contributed by atoms with van der Waals surface area (Å²) >= 11 is 0. The van der Waals surface area contributed by atoms with Crippen LogP contribution in [0.5, 0.6) is 0 Å². The number of hydrazine groups is 1. The Morgan fingerprint density at radius 3 is 2.84 bits per heavy atom. The molecule has 1 aliphatic carbocycles. The fourth-order valence-electron chi connectivity index (χ4n) is 4.73. The zero-order valence-corrected chi connectivity index (χ0v) is 18.8. The van der Waals surface area contributed by atoms with Gasteiger partial charge in [0.25, 0.3) is 0 Å². The second-order valence-electron chi connectivity index (χ2n) is 8.74. The van der Waals surface area contributed by atoms with Crippen LogP contribution in [-0.2, 0) is 0 Å². The van der Waals surface area contributed by atoms with Gasteiger partial charge in [0.15, 0.2) is 5.96 Å². The molecule has 5 rings (SSSR count). The predicted octanol–water partition coefficient (Wildman–Crippen LogP) is 2.11. The summed E-state index contributed by atoms with van der Waals surface area (Å²) in [5.74, 6) is 0.526. The van der Waals surface area contributed by atoms with E-state index in [4.69, 9.17) is 10.7 Å². The van der Waals surface area contributed by atoms with Crippen LogP contribution < -0.4 is 16.4 Å². The quantitative estimate of drug-likeness (QED) is 0.676. The van der Waals surface area contributed by atoms with Crippen molar-refractivity contribution in [1.82, 2.24) is 20.2 Å². The van der Waals surface area contributed by atoms with Gasteiger partial charge in [0.1, 0.15) is 5.82 Å². The summed E-state index contributed by atoms with van der Waals surface area (Å²) in [6.45, 7) is 2.27. The summed E-state index contributed by atoms with van der Waals surface area (Å²) in [5, 5.41) is 10.7. The first-order valence-electron chi connectivity index (χ1n) is 11.1. The van der Waals surface area contributed by atoms with Gasteiger partial charge in [0, 0.05) is 64.2 Å². The molecule has 168 valence electrons. The van der Waals surface area contributed by atoms with Crippen molar-refractivity contribution < 1.29 is 4.39 Å². The molecule has 0 radical (unpaired) electrons. The first-order chi connectivity index (χ1) is 15.4. The van der Waals surface area contributed by atoms with Crippen LogP contribution in [-0.4, -0.2) is 73.7 Å². The Bertz CT molecular complexity index is 1080. The van der Waals surface area contributed by atoms with Crippen LogP contribution in [0.2, 0.25) is 0 Å². The maximum atomic E-state index is 14.7. The van der Waals surface area contributed by atoms with E-state index in [1.54, 1.807) is 19.2 Å². The molecule has 4 aliphatic rings. The number of allylic oxidation sites excluding steroid dienone is 1. The van der Waals surface area contributed by atoms with Gasteiger partial charge < -0.3 is 26.3 Å². The number of rotatable bonds is 3. The van der Waals surface area contributed by atoms with Gasteiger partial charge in [0.05, 0.1) is 17.4 Å². The van der Waals surface area contributed by atoms with Gasteiger partial charge in [-0.25, -0.2) is 14.4 Å².